The van der Waals surface area contributed by atoms with Crippen LogP contribution >= 0.6 is 0 Å². The Labute approximate surface area is 82.0 Å². The lowest BCUT2D eigenvalue weighted by molar-refractivity contribution is -0.126. The summed E-state index contributed by atoms with van der Waals surface area (Å²) in [5.41, 5.74) is 4.52. The summed E-state index contributed by atoms with van der Waals surface area (Å²) in [6.45, 7) is 3.10. The van der Waals surface area contributed by atoms with Crippen LogP contribution in [0.5, 0.6) is 0 Å². The first-order valence-electron chi connectivity index (χ1n) is 4.68. The first kappa shape index (κ1) is 11.4. The molecule has 1 unspecified atom stereocenters. The first-order valence-corrected chi connectivity index (χ1v) is 4.68. The highest BCUT2D eigenvalue weighted by Gasteiger charge is 2.40. The molecule has 0 aromatic heterocycles. The van der Waals surface area contributed by atoms with Crippen molar-refractivity contribution < 1.29 is 13.6 Å². The number of nitrogens with two attached hydrogens (primary N) is 1. The van der Waals surface area contributed by atoms with Gasteiger partial charge in [0, 0.05) is 18.9 Å². The molecule has 0 aromatic carbocycles. The molecule has 1 atom stereocenters. The van der Waals surface area contributed by atoms with E-state index in [1.165, 1.54) is 0 Å². The quantitative estimate of drug-likeness (QED) is 0.709. The fourth-order valence-corrected chi connectivity index (χ4v) is 1.44. The number of hydrogen-bond acceptors (Lipinski definition) is 2. The van der Waals surface area contributed by atoms with Crippen LogP contribution in [0.2, 0.25) is 0 Å². The molecule has 1 saturated carbocycles. The molecule has 5 heteroatoms. The van der Waals surface area contributed by atoms with E-state index < -0.39 is 17.5 Å². The van der Waals surface area contributed by atoms with Crippen LogP contribution in [0.25, 0.3) is 0 Å². The Morgan fingerprint density at radius 3 is 2.50 bits per heavy atom. The maximum atomic E-state index is 12.8. The van der Waals surface area contributed by atoms with Gasteiger partial charge in [0.15, 0.2) is 0 Å². The van der Waals surface area contributed by atoms with Crippen molar-refractivity contribution in [3.8, 4) is 0 Å². The highest BCUT2D eigenvalue weighted by molar-refractivity contribution is 5.85. The van der Waals surface area contributed by atoms with Crippen molar-refractivity contribution in [1.29, 1.82) is 0 Å². The fourth-order valence-electron chi connectivity index (χ4n) is 1.44. The maximum absolute atomic E-state index is 12.8. The van der Waals surface area contributed by atoms with Crippen molar-refractivity contribution in [3.63, 3.8) is 0 Å². The van der Waals surface area contributed by atoms with Gasteiger partial charge in [0.2, 0.25) is 11.8 Å². The van der Waals surface area contributed by atoms with Crippen molar-refractivity contribution in [2.75, 3.05) is 0 Å². The zero-order chi connectivity index (χ0) is 11.0. The summed E-state index contributed by atoms with van der Waals surface area (Å²) in [5.74, 6) is -3.00. The number of rotatable bonds is 2. The molecule has 0 saturated heterocycles. The minimum absolute atomic E-state index is 0.150. The number of hydrogen-bond donors (Lipinski definition) is 2. The normalized spacial score (nSPS) is 26.2. The molecule has 1 amide bonds. The standard InChI is InChI=1S/C9H16F2N2O/c1-8(2,12)7(14)13-6-3-4-9(10,11)5-6/h6H,3-5,12H2,1-2H3,(H,13,14). The largest absolute Gasteiger partial charge is 0.352 e. The third kappa shape index (κ3) is 2.90. The zero-order valence-electron chi connectivity index (χ0n) is 8.44. The molecule has 3 N–H and O–H groups in total. The fraction of sp³-hybridized carbons (Fsp3) is 0.889. The van der Waals surface area contributed by atoms with Gasteiger partial charge in [0.25, 0.3) is 0 Å². The number of alkyl halides is 2. The van der Waals surface area contributed by atoms with E-state index in [1.54, 1.807) is 13.8 Å². The lowest BCUT2D eigenvalue weighted by atomic mass is 10.1. The Morgan fingerprint density at radius 2 is 2.14 bits per heavy atom. The molecular weight excluding hydrogens is 190 g/mol. The Hall–Kier alpha value is -0.710. The van der Waals surface area contributed by atoms with E-state index in [0.29, 0.717) is 6.42 Å². The van der Waals surface area contributed by atoms with Crippen molar-refractivity contribution in [2.24, 2.45) is 5.73 Å². The van der Waals surface area contributed by atoms with E-state index in [9.17, 15) is 13.6 Å². The molecule has 0 aliphatic heterocycles. The highest BCUT2D eigenvalue weighted by atomic mass is 19.3. The minimum Gasteiger partial charge on any atom is -0.352 e. The smallest absolute Gasteiger partial charge is 0.250 e. The molecule has 1 aliphatic rings. The van der Waals surface area contributed by atoms with E-state index in [0.717, 1.165) is 0 Å². The summed E-state index contributed by atoms with van der Waals surface area (Å²) in [6.07, 6.45) is -0.0907. The third-order valence-electron chi connectivity index (χ3n) is 2.32. The molecule has 1 rings (SSSR count). The second kappa shape index (κ2) is 3.46. The molecule has 0 spiro atoms. The lowest BCUT2D eigenvalue weighted by Crippen LogP contribution is -2.51. The molecule has 82 valence electrons. The Kier molecular flexibility index (Phi) is 2.81. The Morgan fingerprint density at radius 1 is 1.57 bits per heavy atom. The second-order valence-corrected chi connectivity index (χ2v) is 4.49. The van der Waals surface area contributed by atoms with Gasteiger partial charge >= 0.3 is 0 Å². The summed E-state index contributed by atoms with van der Waals surface area (Å²) in [5, 5.41) is 2.53. The van der Waals surface area contributed by atoms with E-state index in [1.807, 2.05) is 0 Å². The molecule has 3 nitrogen and oxygen atoms in total. The van der Waals surface area contributed by atoms with E-state index in [4.69, 9.17) is 5.73 Å². The summed E-state index contributed by atoms with van der Waals surface area (Å²) in [6, 6.07) is -0.430. The van der Waals surface area contributed by atoms with Crippen LogP contribution in [0, 0.1) is 0 Å². The van der Waals surface area contributed by atoms with Crippen molar-refractivity contribution in [1.82, 2.24) is 5.32 Å². The van der Waals surface area contributed by atoms with Crippen molar-refractivity contribution in [2.45, 2.75) is 50.6 Å². The van der Waals surface area contributed by atoms with Gasteiger partial charge in [-0.2, -0.15) is 0 Å². The van der Waals surface area contributed by atoms with Crippen LogP contribution in [0.1, 0.15) is 33.1 Å². The number of carbonyl (C=O) groups excluding carboxylic acids is 1. The SMILES string of the molecule is CC(C)(N)C(=O)NC1CCC(F)(F)C1. The number of amides is 1. The predicted molar refractivity (Wildman–Crippen MR) is 49.0 cm³/mol. The van der Waals surface area contributed by atoms with Gasteiger partial charge in [-0.1, -0.05) is 0 Å². The van der Waals surface area contributed by atoms with Crippen LogP contribution in [0.3, 0.4) is 0 Å². The van der Waals surface area contributed by atoms with E-state index in [2.05, 4.69) is 5.32 Å². The van der Waals surface area contributed by atoms with Gasteiger partial charge in [0.1, 0.15) is 0 Å². The van der Waals surface area contributed by atoms with Crippen molar-refractivity contribution >= 4 is 5.91 Å². The van der Waals surface area contributed by atoms with Crippen LogP contribution in [0.4, 0.5) is 8.78 Å². The molecule has 0 radical (unpaired) electrons. The summed E-state index contributed by atoms with van der Waals surface area (Å²) < 4.78 is 25.5. The molecule has 14 heavy (non-hydrogen) atoms. The highest BCUT2D eigenvalue weighted by Crippen LogP contribution is 2.34. The van der Waals surface area contributed by atoms with Gasteiger partial charge in [-0.3, -0.25) is 4.79 Å². The Balaban J connectivity index is 2.44. The number of carbonyl (C=O) groups is 1. The lowest BCUT2D eigenvalue weighted by Gasteiger charge is -2.21. The summed E-state index contributed by atoms with van der Waals surface area (Å²) >= 11 is 0. The van der Waals surface area contributed by atoms with Gasteiger partial charge < -0.3 is 11.1 Å². The molecular formula is C9H16F2N2O. The van der Waals surface area contributed by atoms with Crippen LogP contribution in [0.15, 0.2) is 0 Å². The molecule has 0 bridgehead atoms. The summed E-state index contributed by atoms with van der Waals surface area (Å²) in [7, 11) is 0. The first-order chi connectivity index (χ1) is 6.21. The van der Waals surface area contributed by atoms with E-state index in [-0.39, 0.29) is 18.7 Å². The maximum Gasteiger partial charge on any atom is 0.250 e. The average molecular weight is 206 g/mol. The Bertz CT molecular complexity index is 235. The predicted octanol–water partition coefficient (Wildman–Crippen LogP) is 1.03. The monoisotopic (exact) mass is 206 g/mol. The third-order valence-corrected chi connectivity index (χ3v) is 2.32. The van der Waals surface area contributed by atoms with Gasteiger partial charge in [-0.25, -0.2) is 8.78 Å². The zero-order valence-corrected chi connectivity index (χ0v) is 8.44. The minimum atomic E-state index is -2.63. The van der Waals surface area contributed by atoms with Gasteiger partial charge in [-0.15, -0.1) is 0 Å². The van der Waals surface area contributed by atoms with E-state index >= 15 is 0 Å². The number of nitrogens with one attached hydrogen (secondary N) is 1. The van der Waals surface area contributed by atoms with Crippen LogP contribution in [-0.2, 0) is 4.79 Å². The van der Waals surface area contributed by atoms with Crippen molar-refractivity contribution in [3.05, 3.63) is 0 Å². The molecule has 0 heterocycles. The number of halogens is 2. The average Bonchev–Trinajstić information content (AvgIpc) is 2.28. The van der Waals surface area contributed by atoms with Gasteiger partial charge in [-0.05, 0) is 20.3 Å². The van der Waals surface area contributed by atoms with Gasteiger partial charge in [0.05, 0.1) is 5.54 Å². The molecule has 1 aliphatic carbocycles. The molecule has 0 aromatic rings. The van der Waals surface area contributed by atoms with Crippen LogP contribution in [-0.4, -0.2) is 23.4 Å². The molecule has 1 fully saturated rings. The van der Waals surface area contributed by atoms with Crippen LogP contribution < -0.4 is 11.1 Å². The topological polar surface area (TPSA) is 55.1 Å². The summed E-state index contributed by atoms with van der Waals surface area (Å²) in [4.78, 5) is 11.4. The second-order valence-electron chi connectivity index (χ2n) is 4.49.